The first kappa shape index (κ1) is 6.71. The summed E-state index contributed by atoms with van der Waals surface area (Å²) >= 11 is 0. The summed E-state index contributed by atoms with van der Waals surface area (Å²) in [6, 6.07) is 0. The molecule has 1 heteroatoms. The molecule has 2 rings (SSSR count). The van der Waals surface area contributed by atoms with Gasteiger partial charge in [-0.3, -0.25) is 0 Å². The molecule has 1 saturated heterocycles. The first-order valence-electron chi connectivity index (χ1n) is 4.26. The van der Waals surface area contributed by atoms with Crippen LogP contribution in [0.4, 0.5) is 0 Å². The van der Waals surface area contributed by atoms with Crippen molar-refractivity contribution >= 4 is 0 Å². The second-order valence-corrected chi connectivity index (χ2v) is 3.08. The average Bonchev–Trinajstić information content (AvgIpc) is 2.36. The SMILES string of the molecule is C1=CC(/C=C/N2CCCC2)=C1. The van der Waals surface area contributed by atoms with Crippen molar-refractivity contribution in [3.63, 3.8) is 0 Å². The molecule has 0 amide bonds. The molecule has 0 radical (unpaired) electrons. The summed E-state index contributed by atoms with van der Waals surface area (Å²) in [5.74, 6) is 0. The van der Waals surface area contributed by atoms with Crippen LogP contribution >= 0.6 is 0 Å². The van der Waals surface area contributed by atoms with Crippen LogP contribution in [0.2, 0.25) is 0 Å². The summed E-state index contributed by atoms with van der Waals surface area (Å²) in [7, 11) is 0. The van der Waals surface area contributed by atoms with Gasteiger partial charge in [0.25, 0.3) is 0 Å². The molecule has 0 N–H and O–H groups in total. The van der Waals surface area contributed by atoms with E-state index < -0.39 is 0 Å². The summed E-state index contributed by atoms with van der Waals surface area (Å²) in [4.78, 5) is 2.38. The molecule has 0 bridgehead atoms. The van der Waals surface area contributed by atoms with Crippen LogP contribution in [0, 0.1) is 0 Å². The monoisotopic (exact) mass is 147 g/mol. The van der Waals surface area contributed by atoms with Crippen molar-refractivity contribution < 1.29 is 0 Å². The molecule has 58 valence electrons. The van der Waals surface area contributed by atoms with Crippen LogP contribution in [0.25, 0.3) is 0 Å². The highest BCUT2D eigenvalue weighted by Gasteiger charge is 2.05. The fourth-order valence-electron chi connectivity index (χ4n) is 1.40. The van der Waals surface area contributed by atoms with E-state index >= 15 is 0 Å². The molecule has 0 aromatic carbocycles. The van der Waals surface area contributed by atoms with Gasteiger partial charge in [0.05, 0.1) is 0 Å². The number of hydrogen-bond donors (Lipinski definition) is 0. The van der Waals surface area contributed by atoms with Gasteiger partial charge in [-0.2, -0.15) is 0 Å². The molecule has 0 spiro atoms. The van der Waals surface area contributed by atoms with Crippen molar-refractivity contribution in [2.75, 3.05) is 13.1 Å². The van der Waals surface area contributed by atoms with E-state index in [1.807, 2.05) is 0 Å². The number of hydrogen-bond acceptors (Lipinski definition) is 1. The maximum Gasteiger partial charge on any atom is 0.0173 e. The Morgan fingerprint density at radius 2 is 2.00 bits per heavy atom. The first-order valence-corrected chi connectivity index (χ1v) is 4.26. The smallest absolute Gasteiger partial charge is 0.0173 e. The van der Waals surface area contributed by atoms with Crippen molar-refractivity contribution in [1.29, 1.82) is 0 Å². The van der Waals surface area contributed by atoms with Crippen LogP contribution in [-0.4, -0.2) is 18.0 Å². The zero-order chi connectivity index (χ0) is 7.52. The Morgan fingerprint density at radius 1 is 1.27 bits per heavy atom. The van der Waals surface area contributed by atoms with Gasteiger partial charge < -0.3 is 4.90 Å². The van der Waals surface area contributed by atoms with Gasteiger partial charge >= 0.3 is 0 Å². The highest BCUT2D eigenvalue weighted by atomic mass is 15.1. The van der Waals surface area contributed by atoms with Gasteiger partial charge in [0.2, 0.25) is 0 Å². The van der Waals surface area contributed by atoms with Gasteiger partial charge in [-0.15, -0.1) is 0 Å². The summed E-state index contributed by atoms with van der Waals surface area (Å²) in [6.45, 7) is 2.49. The van der Waals surface area contributed by atoms with E-state index in [9.17, 15) is 0 Å². The molecule has 1 aliphatic carbocycles. The molecule has 0 aromatic heterocycles. The third-order valence-electron chi connectivity index (χ3n) is 2.20. The maximum atomic E-state index is 2.38. The molecule has 0 aromatic rings. The normalized spacial score (nSPS) is 22.5. The Kier molecular flexibility index (Phi) is 1.80. The van der Waals surface area contributed by atoms with Crippen molar-refractivity contribution in [3.05, 3.63) is 36.1 Å². The highest BCUT2D eigenvalue weighted by molar-refractivity contribution is 5.42. The van der Waals surface area contributed by atoms with E-state index in [0.717, 1.165) is 0 Å². The van der Waals surface area contributed by atoms with Crippen molar-refractivity contribution in [2.24, 2.45) is 0 Å². The second-order valence-electron chi connectivity index (χ2n) is 3.08. The van der Waals surface area contributed by atoms with E-state index in [-0.39, 0.29) is 0 Å². The quantitative estimate of drug-likeness (QED) is 0.578. The predicted octanol–water partition coefficient (Wildman–Crippen LogP) is 2.09. The minimum atomic E-state index is 1.24. The Hall–Kier alpha value is -0.980. The van der Waals surface area contributed by atoms with Crippen LogP contribution in [0.1, 0.15) is 12.8 Å². The molecule has 1 aliphatic heterocycles. The van der Waals surface area contributed by atoms with Crippen molar-refractivity contribution in [1.82, 2.24) is 4.90 Å². The lowest BCUT2D eigenvalue weighted by molar-refractivity contribution is 0.468. The lowest BCUT2D eigenvalue weighted by Crippen LogP contribution is -2.10. The Labute approximate surface area is 67.7 Å². The largest absolute Gasteiger partial charge is 0.377 e. The van der Waals surface area contributed by atoms with Gasteiger partial charge in [-0.05, 0) is 30.7 Å². The Balaban J connectivity index is 1.83. The summed E-state index contributed by atoms with van der Waals surface area (Å²) in [6.07, 6.45) is 13.5. The van der Waals surface area contributed by atoms with Crippen LogP contribution in [0.15, 0.2) is 36.1 Å². The summed E-state index contributed by atoms with van der Waals surface area (Å²) in [5, 5.41) is 0. The number of likely N-dealkylation sites (tertiary alicyclic amines) is 1. The highest BCUT2D eigenvalue weighted by Crippen LogP contribution is 2.12. The molecule has 0 saturated carbocycles. The standard InChI is InChI=1S/C10H13N/c1-2-8-11(7-1)9-6-10-4-3-5-10/h3-6,9H,1-2,7-8H2/b9-6+. The van der Waals surface area contributed by atoms with E-state index in [1.54, 1.807) is 0 Å². The van der Waals surface area contributed by atoms with E-state index in [0.29, 0.717) is 0 Å². The minimum absolute atomic E-state index is 1.24. The van der Waals surface area contributed by atoms with Crippen LogP contribution < -0.4 is 0 Å². The topological polar surface area (TPSA) is 3.24 Å². The number of allylic oxidation sites excluding steroid dienone is 5. The fourth-order valence-corrected chi connectivity index (χ4v) is 1.40. The van der Waals surface area contributed by atoms with Crippen molar-refractivity contribution in [2.45, 2.75) is 12.8 Å². The van der Waals surface area contributed by atoms with Gasteiger partial charge in [0.15, 0.2) is 0 Å². The molecular formula is C10H13N. The second kappa shape index (κ2) is 2.95. The molecule has 1 heterocycles. The summed E-state index contributed by atoms with van der Waals surface area (Å²) in [5.41, 5.74) is 1.34. The maximum absolute atomic E-state index is 2.38. The zero-order valence-electron chi connectivity index (χ0n) is 6.66. The van der Waals surface area contributed by atoms with Gasteiger partial charge in [-0.1, -0.05) is 18.2 Å². The molecule has 1 fully saturated rings. The van der Waals surface area contributed by atoms with Gasteiger partial charge in [0, 0.05) is 13.1 Å². The van der Waals surface area contributed by atoms with E-state index in [1.165, 1.54) is 31.5 Å². The number of nitrogens with zero attached hydrogens (tertiary/aromatic N) is 1. The lowest BCUT2D eigenvalue weighted by atomic mass is 10.1. The van der Waals surface area contributed by atoms with Crippen molar-refractivity contribution in [3.8, 4) is 0 Å². The molecule has 0 unspecified atom stereocenters. The van der Waals surface area contributed by atoms with Crippen LogP contribution in [0.5, 0.6) is 0 Å². The van der Waals surface area contributed by atoms with Crippen LogP contribution in [0.3, 0.4) is 0 Å². The molecule has 1 nitrogen and oxygen atoms in total. The minimum Gasteiger partial charge on any atom is -0.377 e. The molecular weight excluding hydrogens is 134 g/mol. The predicted molar refractivity (Wildman–Crippen MR) is 47.2 cm³/mol. The molecule has 2 aliphatic rings. The van der Waals surface area contributed by atoms with E-state index in [4.69, 9.17) is 0 Å². The van der Waals surface area contributed by atoms with Gasteiger partial charge in [-0.25, -0.2) is 0 Å². The molecule has 0 atom stereocenters. The molecule has 11 heavy (non-hydrogen) atoms. The van der Waals surface area contributed by atoms with Gasteiger partial charge in [0.1, 0.15) is 0 Å². The lowest BCUT2D eigenvalue weighted by Gasteiger charge is -2.10. The Morgan fingerprint density at radius 3 is 2.55 bits per heavy atom. The Bertz CT molecular complexity index is 217. The van der Waals surface area contributed by atoms with Crippen LogP contribution in [-0.2, 0) is 0 Å². The zero-order valence-corrected chi connectivity index (χ0v) is 6.66. The third-order valence-corrected chi connectivity index (χ3v) is 2.20. The number of rotatable bonds is 2. The summed E-state index contributed by atoms with van der Waals surface area (Å²) < 4.78 is 0. The fraction of sp³-hybridized carbons (Fsp3) is 0.400. The first-order chi connectivity index (χ1) is 5.45. The average molecular weight is 147 g/mol. The third kappa shape index (κ3) is 1.53. The van der Waals surface area contributed by atoms with E-state index in [2.05, 4.69) is 35.4 Å².